The van der Waals surface area contributed by atoms with Crippen molar-refractivity contribution in [3.63, 3.8) is 0 Å². The van der Waals surface area contributed by atoms with Gasteiger partial charge < -0.3 is 9.88 Å². The Balaban J connectivity index is 1.35. The van der Waals surface area contributed by atoms with Crippen LogP contribution in [0.25, 0.3) is 0 Å². The molecule has 6 heteroatoms. The third-order valence-electron chi connectivity index (χ3n) is 4.53. The first-order valence-electron chi connectivity index (χ1n) is 7.66. The zero-order chi connectivity index (χ0) is 15.1. The standard InChI is InChI=1S/C16H17FN4O/c17-11-5-3-10(4-6-11)12-8-13(12)16(22)18-9-15-20-19-14-2-1-7-21(14)15/h3-6,12-13H,1-2,7-9H2,(H,18,22)/t12-,13-/m1/s1. The fourth-order valence-electron chi connectivity index (χ4n) is 3.20. The Morgan fingerprint density at radius 1 is 1.32 bits per heavy atom. The molecular formula is C16H17FN4O. The summed E-state index contributed by atoms with van der Waals surface area (Å²) in [5.41, 5.74) is 1.03. The fraction of sp³-hybridized carbons (Fsp3) is 0.438. The van der Waals surface area contributed by atoms with E-state index in [1.54, 1.807) is 12.1 Å². The van der Waals surface area contributed by atoms with E-state index in [0.29, 0.717) is 6.54 Å². The van der Waals surface area contributed by atoms with Crippen molar-refractivity contribution >= 4 is 5.91 Å². The van der Waals surface area contributed by atoms with Gasteiger partial charge in [-0.05, 0) is 36.5 Å². The maximum Gasteiger partial charge on any atom is 0.224 e. The molecule has 1 amide bonds. The van der Waals surface area contributed by atoms with Crippen LogP contribution in [0.3, 0.4) is 0 Å². The predicted molar refractivity (Wildman–Crippen MR) is 77.4 cm³/mol. The van der Waals surface area contributed by atoms with Crippen LogP contribution in [0.2, 0.25) is 0 Å². The van der Waals surface area contributed by atoms with E-state index in [1.165, 1.54) is 12.1 Å². The molecule has 1 N–H and O–H groups in total. The Labute approximate surface area is 127 Å². The average Bonchev–Trinajstić information content (AvgIpc) is 3.01. The van der Waals surface area contributed by atoms with Crippen molar-refractivity contribution in [3.8, 4) is 0 Å². The highest BCUT2D eigenvalue weighted by Gasteiger charge is 2.43. The average molecular weight is 300 g/mol. The number of hydrogen-bond donors (Lipinski definition) is 1. The van der Waals surface area contributed by atoms with Gasteiger partial charge in [0, 0.05) is 18.9 Å². The van der Waals surface area contributed by atoms with E-state index in [4.69, 9.17) is 0 Å². The van der Waals surface area contributed by atoms with Gasteiger partial charge in [-0.1, -0.05) is 12.1 Å². The van der Waals surface area contributed by atoms with E-state index < -0.39 is 0 Å². The van der Waals surface area contributed by atoms with Crippen molar-refractivity contribution in [2.45, 2.75) is 38.3 Å². The van der Waals surface area contributed by atoms with E-state index in [-0.39, 0.29) is 23.6 Å². The van der Waals surface area contributed by atoms with E-state index in [9.17, 15) is 9.18 Å². The highest BCUT2D eigenvalue weighted by Crippen LogP contribution is 2.47. The van der Waals surface area contributed by atoms with Gasteiger partial charge in [-0.15, -0.1) is 10.2 Å². The molecule has 2 aromatic rings. The van der Waals surface area contributed by atoms with E-state index in [1.807, 2.05) is 0 Å². The summed E-state index contributed by atoms with van der Waals surface area (Å²) in [6.45, 7) is 1.37. The largest absolute Gasteiger partial charge is 0.349 e. The lowest BCUT2D eigenvalue weighted by atomic mass is 10.1. The number of carbonyl (C=O) groups excluding carboxylic acids is 1. The minimum atomic E-state index is -0.244. The van der Waals surface area contributed by atoms with Crippen molar-refractivity contribution in [2.75, 3.05) is 0 Å². The Morgan fingerprint density at radius 2 is 2.14 bits per heavy atom. The van der Waals surface area contributed by atoms with Crippen LogP contribution >= 0.6 is 0 Å². The van der Waals surface area contributed by atoms with Crippen LogP contribution in [0.5, 0.6) is 0 Å². The highest BCUT2D eigenvalue weighted by atomic mass is 19.1. The van der Waals surface area contributed by atoms with E-state index in [2.05, 4.69) is 20.1 Å². The molecule has 0 bridgehead atoms. The summed E-state index contributed by atoms with van der Waals surface area (Å²) >= 11 is 0. The number of carbonyl (C=O) groups is 1. The number of hydrogen-bond acceptors (Lipinski definition) is 3. The topological polar surface area (TPSA) is 59.8 Å². The molecule has 5 nitrogen and oxygen atoms in total. The molecular weight excluding hydrogens is 283 g/mol. The van der Waals surface area contributed by atoms with Crippen molar-refractivity contribution in [1.82, 2.24) is 20.1 Å². The minimum Gasteiger partial charge on any atom is -0.349 e. The van der Waals surface area contributed by atoms with Gasteiger partial charge in [0.15, 0.2) is 5.82 Å². The molecule has 22 heavy (non-hydrogen) atoms. The number of fused-ring (bicyclic) bond motifs is 1. The van der Waals surface area contributed by atoms with Gasteiger partial charge in [0.1, 0.15) is 11.6 Å². The van der Waals surface area contributed by atoms with Gasteiger partial charge >= 0.3 is 0 Å². The molecule has 1 saturated carbocycles. The van der Waals surface area contributed by atoms with Gasteiger partial charge in [-0.25, -0.2) is 4.39 Å². The van der Waals surface area contributed by atoms with E-state index >= 15 is 0 Å². The van der Waals surface area contributed by atoms with Crippen LogP contribution < -0.4 is 5.32 Å². The second kappa shape index (κ2) is 5.19. The molecule has 0 saturated heterocycles. The lowest BCUT2D eigenvalue weighted by Gasteiger charge is -2.06. The second-order valence-corrected chi connectivity index (χ2v) is 6.01. The number of aromatic nitrogens is 3. The van der Waals surface area contributed by atoms with Crippen LogP contribution in [0.4, 0.5) is 4.39 Å². The second-order valence-electron chi connectivity index (χ2n) is 6.01. The van der Waals surface area contributed by atoms with Gasteiger partial charge in [-0.2, -0.15) is 0 Å². The lowest BCUT2D eigenvalue weighted by molar-refractivity contribution is -0.122. The molecule has 1 aromatic heterocycles. The molecule has 2 atom stereocenters. The summed E-state index contributed by atoms with van der Waals surface area (Å²) in [4.78, 5) is 12.2. The summed E-state index contributed by atoms with van der Waals surface area (Å²) < 4.78 is 15.0. The first-order chi connectivity index (χ1) is 10.7. The summed E-state index contributed by atoms with van der Waals surface area (Å²) in [7, 11) is 0. The first-order valence-corrected chi connectivity index (χ1v) is 7.66. The maximum absolute atomic E-state index is 12.9. The summed E-state index contributed by atoms with van der Waals surface area (Å²) in [5.74, 6) is 1.85. The molecule has 0 unspecified atom stereocenters. The quantitative estimate of drug-likeness (QED) is 0.936. The number of halogens is 1. The summed E-state index contributed by atoms with van der Waals surface area (Å²) in [6, 6.07) is 6.42. The van der Waals surface area contributed by atoms with Crippen LogP contribution in [0.1, 0.15) is 36.0 Å². The zero-order valence-corrected chi connectivity index (χ0v) is 12.1. The van der Waals surface area contributed by atoms with Crippen LogP contribution in [0, 0.1) is 11.7 Å². The van der Waals surface area contributed by atoms with Crippen molar-refractivity contribution in [3.05, 3.63) is 47.3 Å². The normalized spacial score (nSPS) is 22.4. The third kappa shape index (κ3) is 2.38. The van der Waals surface area contributed by atoms with Gasteiger partial charge in [0.05, 0.1) is 6.54 Å². The Morgan fingerprint density at radius 3 is 2.95 bits per heavy atom. The molecule has 1 aliphatic heterocycles. The van der Waals surface area contributed by atoms with Crippen LogP contribution in [-0.2, 0) is 24.3 Å². The SMILES string of the molecule is O=C(NCc1nnc2n1CCC2)[C@@H]1C[C@@H]1c1ccc(F)cc1. The maximum atomic E-state index is 12.9. The lowest BCUT2D eigenvalue weighted by Crippen LogP contribution is -2.26. The number of nitrogens with zero attached hydrogens (tertiary/aromatic N) is 3. The minimum absolute atomic E-state index is 0.00793. The number of amides is 1. The van der Waals surface area contributed by atoms with Gasteiger partial charge in [0.25, 0.3) is 0 Å². The molecule has 1 aliphatic carbocycles. The molecule has 114 valence electrons. The first kappa shape index (κ1) is 13.4. The molecule has 2 heterocycles. The van der Waals surface area contributed by atoms with Crippen molar-refractivity contribution < 1.29 is 9.18 Å². The van der Waals surface area contributed by atoms with Gasteiger partial charge in [0.2, 0.25) is 5.91 Å². The smallest absolute Gasteiger partial charge is 0.224 e. The Bertz CT molecular complexity index is 709. The number of benzene rings is 1. The zero-order valence-electron chi connectivity index (χ0n) is 12.1. The molecule has 0 spiro atoms. The Kier molecular flexibility index (Phi) is 3.17. The number of aryl methyl sites for hydroxylation is 1. The van der Waals surface area contributed by atoms with Crippen molar-refractivity contribution in [2.24, 2.45) is 5.92 Å². The molecule has 2 aliphatic rings. The fourth-order valence-corrected chi connectivity index (χ4v) is 3.20. The third-order valence-corrected chi connectivity index (χ3v) is 4.53. The highest BCUT2D eigenvalue weighted by molar-refractivity contribution is 5.82. The van der Waals surface area contributed by atoms with E-state index in [0.717, 1.165) is 43.0 Å². The molecule has 4 rings (SSSR count). The monoisotopic (exact) mass is 300 g/mol. The summed E-state index contributed by atoms with van der Waals surface area (Å²) in [6.07, 6.45) is 2.90. The predicted octanol–water partition coefficient (Wildman–Crippen LogP) is 1.78. The molecule has 0 radical (unpaired) electrons. The van der Waals surface area contributed by atoms with Crippen LogP contribution in [0.15, 0.2) is 24.3 Å². The number of rotatable bonds is 4. The van der Waals surface area contributed by atoms with Crippen molar-refractivity contribution in [1.29, 1.82) is 0 Å². The van der Waals surface area contributed by atoms with Gasteiger partial charge in [-0.3, -0.25) is 4.79 Å². The van der Waals surface area contributed by atoms with Crippen LogP contribution in [-0.4, -0.2) is 20.7 Å². The Hall–Kier alpha value is -2.24. The molecule has 1 aromatic carbocycles. The number of nitrogens with one attached hydrogen (secondary N) is 1. The summed E-state index contributed by atoms with van der Waals surface area (Å²) in [5, 5.41) is 11.2. The molecule has 1 fully saturated rings.